The molecule has 0 saturated heterocycles. The fourth-order valence-corrected chi connectivity index (χ4v) is 1.62. The molecule has 0 aliphatic heterocycles. The lowest BCUT2D eigenvalue weighted by atomic mass is 10.2. The van der Waals surface area contributed by atoms with E-state index in [1.54, 1.807) is 25.1 Å². The quantitative estimate of drug-likeness (QED) is 0.561. The summed E-state index contributed by atoms with van der Waals surface area (Å²) >= 11 is 0. The molecule has 23 heavy (non-hydrogen) atoms. The molecule has 1 aromatic carbocycles. The van der Waals surface area contributed by atoms with Crippen molar-refractivity contribution in [3.05, 3.63) is 23.8 Å². The van der Waals surface area contributed by atoms with Crippen LogP contribution in [0, 0.1) is 0 Å². The maximum atomic E-state index is 11.3. The summed E-state index contributed by atoms with van der Waals surface area (Å²) in [6.45, 7) is 1.83. The number of nitrogens with two attached hydrogens (primary N) is 1. The van der Waals surface area contributed by atoms with Gasteiger partial charge in [0.15, 0.2) is 18.1 Å². The van der Waals surface area contributed by atoms with Crippen LogP contribution in [0.4, 0.5) is 5.95 Å². The van der Waals surface area contributed by atoms with E-state index in [2.05, 4.69) is 20.6 Å². The fraction of sp³-hybridized carbons (Fsp3) is 0.308. The minimum absolute atomic E-state index is 0.0719. The molecule has 10 heteroatoms. The van der Waals surface area contributed by atoms with Crippen molar-refractivity contribution in [3.63, 3.8) is 0 Å². The third-order valence-corrected chi connectivity index (χ3v) is 2.63. The Morgan fingerprint density at radius 3 is 2.91 bits per heavy atom. The smallest absolute Gasteiger partial charge is 0.344 e. The van der Waals surface area contributed by atoms with Gasteiger partial charge in [0.25, 0.3) is 5.95 Å². The van der Waals surface area contributed by atoms with Crippen LogP contribution in [0.5, 0.6) is 11.5 Å². The van der Waals surface area contributed by atoms with E-state index in [4.69, 9.17) is 19.9 Å². The molecule has 0 aliphatic carbocycles. The van der Waals surface area contributed by atoms with Crippen LogP contribution in [-0.4, -0.2) is 52.8 Å². The molecule has 1 heterocycles. The SMILES string of the molecule is CCOC(=O)COc1ccc(/C=N/n2nnnc2N)cc1OC. The molecule has 0 spiro atoms. The van der Waals surface area contributed by atoms with E-state index >= 15 is 0 Å². The molecule has 10 nitrogen and oxygen atoms in total. The van der Waals surface area contributed by atoms with Gasteiger partial charge in [0.05, 0.1) is 19.9 Å². The van der Waals surface area contributed by atoms with Gasteiger partial charge in [0.1, 0.15) is 0 Å². The average molecular weight is 320 g/mol. The highest BCUT2D eigenvalue weighted by molar-refractivity contribution is 5.81. The first-order valence-corrected chi connectivity index (χ1v) is 6.68. The van der Waals surface area contributed by atoms with Gasteiger partial charge in [-0.25, -0.2) is 4.79 Å². The van der Waals surface area contributed by atoms with Crippen LogP contribution in [0.3, 0.4) is 0 Å². The molecule has 2 aromatic rings. The Labute approximate surface area is 131 Å². The molecule has 1 aromatic heterocycles. The van der Waals surface area contributed by atoms with Gasteiger partial charge in [-0.3, -0.25) is 0 Å². The number of rotatable bonds is 7. The standard InChI is InChI=1S/C13H16N6O4/c1-3-22-12(20)8-23-10-5-4-9(6-11(10)21-2)7-15-19-13(14)16-17-18-19/h4-7H,3,8H2,1-2H3,(H2,14,16,18)/b15-7+. The highest BCUT2D eigenvalue weighted by Crippen LogP contribution is 2.27. The van der Waals surface area contributed by atoms with Gasteiger partial charge >= 0.3 is 5.97 Å². The van der Waals surface area contributed by atoms with E-state index < -0.39 is 5.97 Å². The van der Waals surface area contributed by atoms with Gasteiger partial charge in [0, 0.05) is 0 Å². The molecule has 0 unspecified atom stereocenters. The molecule has 0 amide bonds. The van der Waals surface area contributed by atoms with Gasteiger partial charge in [-0.1, -0.05) is 9.89 Å². The normalized spacial score (nSPS) is 10.7. The van der Waals surface area contributed by atoms with Crippen molar-refractivity contribution in [1.82, 2.24) is 20.3 Å². The number of nitrogen functional groups attached to an aromatic ring is 1. The zero-order chi connectivity index (χ0) is 16.7. The average Bonchev–Trinajstić information content (AvgIpc) is 2.96. The third kappa shape index (κ3) is 4.40. The van der Waals surface area contributed by atoms with Crippen LogP contribution in [0.1, 0.15) is 12.5 Å². The van der Waals surface area contributed by atoms with E-state index in [1.807, 2.05) is 0 Å². The molecular weight excluding hydrogens is 304 g/mol. The zero-order valence-corrected chi connectivity index (χ0v) is 12.7. The Morgan fingerprint density at radius 2 is 2.26 bits per heavy atom. The predicted molar refractivity (Wildman–Crippen MR) is 80.3 cm³/mol. The number of hydrogen-bond donors (Lipinski definition) is 1. The third-order valence-electron chi connectivity index (χ3n) is 2.63. The monoisotopic (exact) mass is 320 g/mol. The summed E-state index contributed by atoms with van der Waals surface area (Å²) in [7, 11) is 1.49. The first kappa shape index (κ1) is 16.2. The number of methoxy groups -OCH3 is 1. The van der Waals surface area contributed by atoms with E-state index in [9.17, 15) is 4.79 Å². The van der Waals surface area contributed by atoms with Crippen molar-refractivity contribution >= 4 is 18.1 Å². The van der Waals surface area contributed by atoms with Crippen molar-refractivity contribution in [1.29, 1.82) is 0 Å². The summed E-state index contributed by atoms with van der Waals surface area (Å²) in [6, 6.07) is 5.07. The maximum absolute atomic E-state index is 11.3. The number of hydrogen-bond acceptors (Lipinski definition) is 9. The minimum Gasteiger partial charge on any atom is -0.493 e. The van der Waals surface area contributed by atoms with Gasteiger partial charge < -0.3 is 19.9 Å². The second-order valence-electron chi connectivity index (χ2n) is 4.18. The molecule has 0 saturated carbocycles. The Kier molecular flexibility index (Phi) is 5.45. The van der Waals surface area contributed by atoms with E-state index in [0.717, 1.165) is 4.79 Å². The van der Waals surface area contributed by atoms with Crippen LogP contribution in [0.25, 0.3) is 0 Å². The number of aromatic nitrogens is 4. The van der Waals surface area contributed by atoms with Crippen molar-refractivity contribution in [3.8, 4) is 11.5 Å². The molecule has 0 radical (unpaired) electrons. The van der Waals surface area contributed by atoms with Crippen LogP contribution >= 0.6 is 0 Å². The summed E-state index contributed by atoms with van der Waals surface area (Å²) < 4.78 is 15.4. The van der Waals surface area contributed by atoms with Crippen LogP contribution in [0.2, 0.25) is 0 Å². The molecule has 0 fully saturated rings. The van der Waals surface area contributed by atoms with Crippen LogP contribution in [0.15, 0.2) is 23.3 Å². The summed E-state index contributed by atoms with van der Waals surface area (Å²) in [6.07, 6.45) is 1.50. The van der Waals surface area contributed by atoms with Crippen molar-refractivity contribution in [2.24, 2.45) is 5.10 Å². The first-order chi connectivity index (χ1) is 11.1. The second kappa shape index (κ2) is 7.73. The molecule has 2 N–H and O–H groups in total. The van der Waals surface area contributed by atoms with Crippen molar-refractivity contribution < 1.29 is 19.0 Å². The number of esters is 1. The molecule has 0 atom stereocenters. The van der Waals surface area contributed by atoms with Gasteiger partial charge in [-0.2, -0.15) is 5.10 Å². The Morgan fingerprint density at radius 1 is 1.43 bits per heavy atom. The first-order valence-electron chi connectivity index (χ1n) is 6.68. The van der Waals surface area contributed by atoms with Gasteiger partial charge in [0.2, 0.25) is 0 Å². The summed E-state index contributed by atoms with van der Waals surface area (Å²) in [5.74, 6) is 0.486. The highest BCUT2D eigenvalue weighted by atomic mass is 16.6. The van der Waals surface area contributed by atoms with Gasteiger partial charge in [-0.05, 0) is 41.1 Å². The minimum atomic E-state index is -0.450. The number of ether oxygens (including phenoxy) is 3. The lowest BCUT2D eigenvalue weighted by Gasteiger charge is -2.10. The van der Waals surface area contributed by atoms with Crippen LogP contribution in [-0.2, 0) is 9.53 Å². The highest BCUT2D eigenvalue weighted by Gasteiger charge is 2.09. The summed E-state index contributed by atoms with van der Waals surface area (Å²) in [5.41, 5.74) is 6.21. The topological polar surface area (TPSA) is 127 Å². The van der Waals surface area contributed by atoms with Crippen molar-refractivity contribution in [2.75, 3.05) is 26.1 Å². The number of nitrogens with zero attached hydrogens (tertiary/aromatic N) is 5. The number of anilines is 1. The maximum Gasteiger partial charge on any atom is 0.344 e. The van der Waals surface area contributed by atoms with Crippen molar-refractivity contribution in [2.45, 2.75) is 6.92 Å². The number of benzene rings is 1. The van der Waals surface area contributed by atoms with Crippen LogP contribution < -0.4 is 15.2 Å². The number of carbonyl (C=O) groups excluding carboxylic acids is 1. The van der Waals surface area contributed by atoms with E-state index in [0.29, 0.717) is 23.7 Å². The predicted octanol–water partition coefficient (Wildman–Crippen LogP) is 0.0880. The summed E-state index contributed by atoms with van der Waals surface area (Å²) in [5, 5.41) is 14.5. The lowest BCUT2D eigenvalue weighted by Crippen LogP contribution is -2.14. The largest absolute Gasteiger partial charge is 0.493 e. The second-order valence-corrected chi connectivity index (χ2v) is 4.18. The number of carbonyl (C=O) groups is 1. The fourth-order valence-electron chi connectivity index (χ4n) is 1.62. The lowest BCUT2D eigenvalue weighted by molar-refractivity contribution is -0.145. The summed E-state index contributed by atoms with van der Waals surface area (Å²) in [4.78, 5) is 12.4. The molecule has 0 bridgehead atoms. The molecular formula is C13H16N6O4. The van der Waals surface area contributed by atoms with Gasteiger partial charge in [-0.15, -0.1) is 0 Å². The zero-order valence-electron chi connectivity index (χ0n) is 12.7. The van der Waals surface area contributed by atoms with E-state index in [-0.39, 0.29) is 12.6 Å². The van der Waals surface area contributed by atoms with E-state index in [1.165, 1.54) is 13.3 Å². The molecule has 2 rings (SSSR count). The molecule has 0 aliphatic rings. The Balaban J connectivity index is 2.08. The molecule has 122 valence electrons. The Bertz CT molecular complexity index is 700. The Hall–Kier alpha value is -3.17. The number of tetrazole rings is 1.